The topological polar surface area (TPSA) is 58.6 Å². The van der Waals surface area contributed by atoms with Crippen LogP contribution in [0.25, 0.3) is 0 Å². The minimum absolute atomic E-state index is 0.0339. The number of ether oxygens (including phenoxy) is 1. The lowest BCUT2D eigenvalue weighted by Gasteiger charge is -2.32. The van der Waals surface area contributed by atoms with Gasteiger partial charge in [-0.05, 0) is 55.3 Å². The van der Waals surface area contributed by atoms with Gasteiger partial charge < -0.3 is 15.0 Å². The number of carbonyl (C=O) groups excluding carboxylic acids is 2. The number of nitrogens with zero attached hydrogens (tertiary/aromatic N) is 1. The second kappa shape index (κ2) is 8.13. The molecule has 1 N–H and O–H groups in total. The van der Waals surface area contributed by atoms with Crippen LogP contribution in [0.5, 0.6) is 5.75 Å². The van der Waals surface area contributed by atoms with Crippen molar-refractivity contribution < 1.29 is 14.3 Å². The molecule has 2 fully saturated rings. The van der Waals surface area contributed by atoms with E-state index in [2.05, 4.69) is 5.32 Å². The van der Waals surface area contributed by atoms with E-state index in [9.17, 15) is 9.59 Å². The summed E-state index contributed by atoms with van der Waals surface area (Å²) in [5, 5.41) is 4.93. The normalized spacial score (nSPS) is 19.6. The second-order valence-electron chi connectivity index (χ2n) is 7.32. The van der Waals surface area contributed by atoms with Gasteiger partial charge in [-0.25, -0.2) is 0 Å². The Bertz CT molecular complexity index is 802. The highest BCUT2D eigenvalue weighted by Gasteiger charge is 2.26. The molecule has 0 spiro atoms. The van der Waals surface area contributed by atoms with Crippen molar-refractivity contribution in [3.63, 3.8) is 0 Å². The zero-order chi connectivity index (χ0) is 18.6. The number of hydrogen-bond donors (Lipinski definition) is 1. The predicted octanol–water partition coefficient (Wildman–Crippen LogP) is 3.57. The average molecular weight is 385 g/mol. The summed E-state index contributed by atoms with van der Waals surface area (Å²) in [5.41, 5.74) is 0.637. The van der Waals surface area contributed by atoms with Gasteiger partial charge in [-0.15, -0.1) is 11.3 Å². The number of likely N-dealkylation sites (tertiary alicyclic amines) is 1. The molecule has 1 aliphatic heterocycles. The van der Waals surface area contributed by atoms with E-state index >= 15 is 0 Å². The largest absolute Gasteiger partial charge is 0.493 e. The number of hydrogen-bond acceptors (Lipinski definition) is 4. The molecular weight excluding hydrogens is 360 g/mol. The van der Waals surface area contributed by atoms with Crippen molar-refractivity contribution in [2.24, 2.45) is 5.92 Å². The molecule has 5 nitrogen and oxygen atoms in total. The van der Waals surface area contributed by atoms with Gasteiger partial charge in [0.05, 0.1) is 11.5 Å². The van der Waals surface area contributed by atoms with Gasteiger partial charge in [-0.1, -0.05) is 12.1 Å². The molecule has 27 heavy (non-hydrogen) atoms. The molecule has 4 rings (SSSR count). The highest BCUT2D eigenvalue weighted by atomic mass is 32.1. The number of benzene rings is 1. The van der Waals surface area contributed by atoms with Gasteiger partial charge in [0, 0.05) is 30.6 Å². The first-order valence-electron chi connectivity index (χ1n) is 9.55. The summed E-state index contributed by atoms with van der Waals surface area (Å²) in [6.07, 6.45) is 4.19. The van der Waals surface area contributed by atoms with Crippen LogP contribution in [-0.2, 0) is 0 Å². The molecule has 2 aromatic rings. The monoisotopic (exact) mass is 384 g/mol. The molecule has 6 heteroatoms. The van der Waals surface area contributed by atoms with E-state index in [0.29, 0.717) is 29.9 Å². The SMILES string of the molecule is O=C(NC1CC1)c1cccc(OC[C@H]2CCCN(C(=O)c3cccs3)C2)c1. The Morgan fingerprint density at radius 3 is 2.85 bits per heavy atom. The molecular formula is C21H24N2O3S. The van der Waals surface area contributed by atoms with Gasteiger partial charge in [0.2, 0.25) is 0 Å². The maximum absolute atomic E-state index is 12.5. The Morgan fingerprint density at radius 2 is 2.07 bits per heavy atom. The summed E-state index contributed by atoms with van der Waals surface area (Å²) in [5.74, 6) is 1.11. The van der Waals surface area contributed by atoms with E-state index < -0.39 is 0 Å². The third-order valence-corrected chi connectivity index (χ3v) is 5.89. The molecule has 1 aromatic carbocycles. The van der Waals surface area contributed by atoms with E-state index in [4.69, 9.17) is 4.74 Å². The zero-order valence-corrected chi connectivity index (χ0v) is 16.0. The first-order valence-corrected chi connectivity index (χ1v) is 10.4. The molecule has 2 aliphatic rings. The molecule has 2 amide bonds. The molecule has 1 aromatic heterocycles. The molecule has 142 valence electrons. The number of rotatable bonds is 6. The number of carbonyl (C=O) groups is 2. The van der Waals surface area contributed by atoms with Crippen molar-refractivity contribution in [1.82, 2.24) is 10.2 Å². The van der Waals surface area contributed by atoms with Crippen LogP contribution in [0.3, 0.4) is 0 Å². The van der Waals surface area contributed by atoms with Gasteiger partial charge in [0.25, 0.3) is 11.8 Å². The summed E-state index contributed by atoms with van der Waals surface area (Å²) in [7, 11) is 0. The zero-order valence-electron chi connectivity index (χ0n) is 15.2. The van der Waals surface area contributed by atoms with Gasteiger partial charge in [-0.2, -0.15) is 0 Å². The minimum atomic E-state index is -0.0339. The lowest BCUT2D eigenvalue weighted by Crippen LogP contribution is -2.41. The van der Waals surface area contributed by atoms with Crippen LogP contribution >= 0.6 is 11.3 Å². The quantitative estimate of drug-likeness (QED) is 0.828. The Kier molecular flexibility index (Phi) is 5.43. The van der Waals surface area contributed by atoms with Crippen LogP contribution in [0.4, 0.5) is 0 Å². The van der Waals surface area contributed by atoms with E-state index in [1.54, 1.807) is 6.07 Å². The molecule has 1 atom stereocenters. The van der Waals surface area contributed by atoms with E-state index in [1.807, 2.05) is 40.6 Å². The van der Waals surface area contributed by atoms with Crippen LogP contribution in [0.2, 0.25) is 0 Å². The summed E-state index contributed by atoms with van der Waals surface area (Å²) in [6, 6.07) is 11.5. The fourth-order valence-corrected chi connectivity index (χ4v) is 4.07. The van der Waals surface area contributed by atoms with Crippen LogP contribution < -0.4 is 10.1 Å². The first-order chi connectivity index (χ1) is 13.2. The van der Waals surface area contributed by atoms with E-state index in [1.165, 1.54) is 11.3 Å². The molecule has 1 saturated heterocycles. The fraction of sp³-hybridized carbons (Fsp3) is 0.429. The van der Waals surface area contributed by atoms with Crippen LogP contribution in [0.1, 0.15) is 45.7 Å². The van der Waals surface area contributed by atoms with Crippen molar-refractivity contribution in [2.45, 2.75) is 31.7 Å². The minimum Gasteiger partial charge on any atom is -0.493 e. The number of nitrogens with one attached hydrogen (secondary N) is 1. The third-order valence-electron chi connectivity index (χ3n) is 5.03. The number of amides is 2. The van der Waals surface area contributed by atoms with Crippen molar-refractivity contribution in [2.75, 3.05) is 19.7 Å². The Balaban J connectivity index is 1.31. The van der Waals surface area contributed by atoms with Gasteiger partial charge in [0.1, 0.15) is 5.75 Å². The van der Waals surface area contributed by atoms with Crippen molar-refractivity contribution in [3.8, 4) is 5.75 Å². The number of thiophene rings is 1. The van der Waals surface area contributed by atoms with Crippen molar-refractivity contribution >= 4 is 23.2 Å². The summed E-state index contributed by atoms with van der Waals surface area (Å²) in [4.78, 5) is 27.4. The fourth-order valence-electron chi connectivity index (χ4n) is 3.38. The van der Waals surface area contributed by atoms with Crippen LogP contribution in [0, 0.1) is 5.92 Å². The van der Waals surface area contributed by atoms with Crippen LogP contribution in [0.15, 0.2) is 41.8 Å². The molecule has 0 bridgehead atoms. The molecule has 2 heterocycles. The van der Waals surface area contributed by atoms with Crippen molar-refractivity contribution in [1.29, 1.82) is 0 Å². The lowest BCUT2D eigenvalue weighted by molar-refractivity contribution is 0.0637. The summed E-state index contributed by atoms with van der Waals surface area (Å²) in [6.45, 7) is 2.09. The molecule has 0 unspecified atom stereocenters. The highest BCUT2D eigenvalue weighted by Crippen LogP contribution is 2.23. The molecule has 1 saturated carbocycles. The summed E-state index contributed by atoms with van der Waals surface area (Å²) < 4.78 is 5.96. The lowest BCUT2D eigenvalue weighted by atomic mass is 9.99. The van der Waals surface area contributed by atoms with Gasteiger partial charge >= 0.3 is 0 Å². The smallest absolute Gasteiger partial charge is 0.263 e. The maximum Gasteiger partial charge on any atom is 0.263 e. The van der Waals surface area contributed by atoms with E-state index in [0.717, 1.165) is 43.6 Å². The van der Waals surface area contributed by atoms with Gasteiger partial charge in [0.15, 0.2) is 0 Å². The highest BCUT2D eigenvalue weighted by molar-refractivity contribution is 7.12. The first kappa shape index (κ1) is 18.0. The maximum atomic E-state index is 12.5. The van der Waals surface area contributed by atoms with Crippen LogP contribution in [-0.4, -0.2) is 42.5 Å². The Hall–Kier alpha value is -2.34. The summed E-state index contributed by atoms with van der Waals surface area (Å²) >= 11 is 1.49. The Labute approximate surface area is 163 Å². The van der Waals surface area contributed by atoms with E-state index in [-0.39, 0.29) is 11.8 Å². The third kappa shape index (κ3) is 4.69. The molecule has 0 radical (unpaired) electrons. The van der Waals surface area contributed by atoms with Gasteiger partial charge in [-0.3, -0.25) is 9.59 Å². The Morgan fingerprint density at radius 1 is 1.19 bits per heavy atom. The van der Waals surface area contributed by atoms with Crippen molar-refractivity contribution in [3.05, 3.63) is 52.2 Å². The average Bonchev–Trinajstić information content (AvgIpc) is 3.34. The predicted molar refractivity (Wildman–Crippen MR) is 105 cm³/mol. The standard InChI is InChI=1S/C21H24N2O3S/c24-20(22-17-8-9-17)16-5-1-6-18(12-16)26-14-15-4-2-10-23(13-15)21(25)19-7-3-11-27-19/h1,3,5-7,11-12,15,17H,2,4,8-10,13-14H2,(H,22,24)/t15-/m0/s1. The second-order valence-corrected chi connectivity index (χ2v) is 8.27. The number of piperidine rings is 1. The molecule has 1 aliphatic carbocycles.